The van der Waals surface area contributed by atoms with Crippen molar-refractivity contribution < 1.29 is 9.53 Å². The van der Waals surface area contributed by atoms with Gasteiger partial charge in [0, 0.05) is 25.3 Å². The zero-order valence-corrected chi connectivity index (χ0v) is 20.8. The van der Waals surface area contributed by atoms with E-state index >= 15 is 0 Å². The predicted molar refractivity (Wildman–Crippen MR) is 135 cm³/mol. The van der Waals surface area contributed by atoms with Gasteiger partial charge in [-0.1, -0.05) is 30.0 Å². The first-order chi connectivity index (χ1) is 16.0. The number of thioether (sulfide) groups is 1. The maximum Gasteiger partial charge on any atom is 0.273 e. The Hall–Kier alpha value is -2.59. The average molecular weight is 488 g/mol. The number of nitrogens with one attached hydrogen (secondary N) is 1. The molecule has 1 aliphatic heterocycles. The van der Waals surface area contributed by atoms with Crippen molar-refractivity contribution in [1.29, 1.82) is 0 Å². The Labute approximate surface area is 201 Å². The first-order valence-corrected chi connectivity index (χ1v) is 13.1. The standard InChI is InChI=1S/C23H29N5O3S2/c1-4-28-21(30)19-20(25-22(33-19)27-12-10-15(3)11-13-27)26-23(28)32-14-18(29)24-16-6-8-17(9-7-16)31-5-2/h6-9,15H,4-5,10-14H2,1-3H3,(H,24,29). The summed E-state index contributed by atoms with van der Waals surface area (Å²) < 4.78 is 7.62. The minimum atomic E-state index is -0.164. The zero-order chi connectivity index (χ0) is 23.4. The smallest absolute Gasteiger partial charge is 0.273 e. The summed E-state index contributed by atoms with van der Waals surface area (Å²) >= 11 is 2.67. The van der Waals surface area contributed by atoms with E-state index in [2.05, 4.69) is 27.1 Å². The second-order valence-electron chi connectivity index (χ2n) is 8.06. The second kappa shape index (κ2) is 10.6. The largest absolute Gasteiger partial charge is 0.494 e. The Morgan fingerprint density at radius 1 is 1.21 bits per heavy atom. The van der Waals surface area contributed by atoms with Crippen LogP contribution in [0.2, 0.25) is 0 Å². The summed E-state index contributed by atoms with van der Waals surface area (Å²) in [5, 5.41) is 4.25. The number of rotatable bonds is 8. The third kappa shape index (κ3) is 5.50. The summed E-state index contributed by atoms with van der Waals surface area (Å²) in [6.45, 7) is 9.09. The molecule has 1 aromatic carbocycles. The maximum absolute atomic E-state index is 13.1. The summed E-state index contributed by atoms with van der Waals surface area (Å²) in [5.41, 5.74) is 1.07. The highest BCUT2D eigenvalue weighted by Gasteiger charge is 2.22. The van der Waals surface area contributed by atoms with Crippen molar-refractivity contribution in [1.82, 2.24) is 14.5 Å². The topological polar surface area (TPSA) is 89.3 Å². The lowest BCUT2D eigenvalue weighted by molar-refractivity contribution is -0.113. The SMILES string of the molecule is CCOc1ccc(NC(=O)CSc2nc3nc(N4CCC(C)CC4)sc3c(=O)n2CC)cc1. The number of hydrogen-bond donors (Lipinski definition) is 1. The molecule has 1 amide bonds. The molecule has 3 aromatic rings. The van der Waals surface area contributed by atoms with E-state index in [4.69, 9.17) is 4.74 Å². The zero-order valence-electron chi connectivity index (χ0n) is 19.2. The molecule has 3 heterocycles. The van der Waals surface area contributed by atoms with Gasteiger partial charge >= 0.3 is 0 Å². The van der Waals surface area contributed by atoms with Gasteiger partial charge < -0.3 is 15.0 Å². The van der Waals surface area contributed by atoms with Gasteiger partial charge in [-0.3, -0.25) is 14.2 Å². The Morgan fingerprint density at radius 3 is 2.61 bits per heavy atom. The fourth-order valence-electron chi connectivity index (χ4n) is 3.73. The number of aromatic nitrogens is 3. The molecule has 0 spiro atoms. The monoisotopic (exact) mass is 487 g/mol. The summed E-state index contributed by atoms with van der Waals surface area (Å²) in [6, 6.07) is 7.24. The molecular formula is C23H29N5O3S2. The van der Waals surface area contributed by atoms with Crippen LogP contribution in [0, 0.1) is 5.92 Å². The van der Waals surface area contributed by atoms with E-state index in [1.807, 2.05) is 26.0 Å². The molecule has 1 fully saturated rings. The van der Waals surface area contributed by atoms with Crippen molar-refractivity contribution >= 4 is 50.2 Å². The summed E-state index contributed by atoms with van der Waals surface area (Å²) in [7, 11) is 0. The fraction of sp³-hybridized carbons (Fsp3) is 0.478. The first-order valence-electron chi connectivity index (χ1n) is 11.3. The molecule has 1 aliphatic rings. The molecule has 1 saturated heterocycles. The molecule has 33 heavy (non-hydrogen) atoms. The van der Waals surface area contributed by atoms with E-state index < -0.39 is 0 Å². The van der Waals surface area contributed by atoms with Crippen molar-refractivity contribution in [2.24, 2.45) is 5.92 Å². The molecule has 0 saturated carbocycles. The first kappa shape index (κ1) is 23.6. The number of piperidine rings is 1. The molecule has 176 valence electrons. The van der Waals surface area contributed by atoms with Crippen LogP contribution >= 0.6 is 23.1 Å². The molecule has 0 radical (unpaired) electrons. The Balaban J connectivity index is 1.47. The minimum Gasteiger partial charge on any atom is -0.494 e. The third-order valence-corrected chi connectivity index (χ3v) is 7.69. The van der Waals surface area contributed by atoms with Gasteiger partial charge in [-0.05, 0) is 56.9 Å². The van der Waals surface area contributed by atoms with E-state index in [1.165, 1.54) is 23.1 Å². The van der Waals surface area contributed by atoms with Gasteiger partial charge in [0.2, 0.25) is 5.91 Å². The highest BCUT2D eigenvalue weighted by molar-refractivity contribution is 7.99. The quantitative estimate of drug-likeness (QED) is 0.375. The second-order valence-corrected chi connectivity index (χ2v) is 9.98. The number of benzene rings is 1. The number of hydrogen-bond acceptors (Lipinski definition) is 8. The lowest BCUT2D eigenvalue weighted by Crippen LogP contribution is -2.32. The Kier molecular flexibility index (Phi) is 7.54. The molecule has 4 rings (SSSR count). The fourth-order valence-corrected chi connectivity index (χ4v) is 5.59. The molecule has 1 N–H and O–H groups in total. The van der Waals surface area contributed by atoms with Crippen LogP contribution in [0.3, 0.4) is 0 Å². The molecular weight excluding hydrogens is 458 g/mol. The van der Waals surface area contributed by atoms with Crippen LogP contribution in [0.15, 0.2) is 34.2 Å². The Morgan fingerprint density at radius 2 is 1.94 bits per heavy atom. The van der Waals surface area contributed by atoms with Crippen LogP contribution in [-0.4, -0.2) is 45.9 Å². The van der Waals surface area contributed by atoms with Crippen LogP contribution in [0.25, 0.3) is 10.3 Å². The lowest BCUT2D eigenvalue weighted by Gasteiger charge is -2.29. The number of nitrogens with zero attached hydrogens (tertiary/aromatic N) is 4. The van der Waals surface area contributed by atoms with Crippen LogP contribution in [0.5, 0.6) is 5.75 Å². The van der Waals surface area contributed by atoms with Crippen LogP contribution < -0.4 is 20.5 Å². The van der Waals surface area contributed by atoms with E-state index in [0.717, 1.165) is 42.7 Å². The van der Waals surface area contributed by atoms with Gasteiger partial charge in [-0.2, -0.15) is 4.98 Å². The van der Waals surface area contributed by atoms with Crippen LogP contribution in [0.1, 0.15) is 33.6 Å². The van der Waals surface area contributed by atoms with Gasteiger partial charge in [0.25, 0.3) is 5.56 Å². The molecule has 10 heteroatoms. The molecule has 0 bridgehead atoms. The summed E-state index contributed by atoms with van der Waals surface area (Å²) in [6.07, 6.45) is 2.26. The molecule has 0 aliphatic carbocycles. The van der Waals surface area contributed by atoms with Crippen molar-refractivity contribution in [3.05, 3.63) is 34.6 Å². The molecule has 8 nitrogen and oxygen atoms in total. The van der Waals surface area contributed by atoms with Crippen LogP contribution in [-0.2, 0) is 11.3 Å². The third-order valence-electron chi connectivity index (χ3n) is 5.62. The number of fused-ring (bicyclic) bond motifs is 1. The average Bonchev–Trinajstić information content (AvgIpc) is 3.24. The van der Waals surface area contributed by atoms with Crippen LogP contribution in [0.4, 0.5) is 10.8 Å². The number of amides is 1. The van der Waals surface area contributed by atoms with E-state index in [-0.39, 0.29) is 17.2 Å². The van der Waals surface area contributed by atoms with Crippen molar-refractivity contribution in [3.8, 4) is 5.75 Å². The van der Waals surface area contributed by atoms with Gasteiger partial charge in [-0.25, -0.2) is 4.98 Å². The number of anilines is 2. The predicted octanol–water partition coefficient (Wildman–Crippen LogP) is 4.24. The van der Waals surface area contributed by atoms with Gasteiger partial charge in [0.15, 0.2) is 15.9 Å². The summed E-state index contributed by atoms with van der Waals surface area (Å²) in [5.74, 6) is 1.47. The molecule has 0 atom stereocenters. The van der Waals surface area contributed by atoms with Gasteiger partial charge in [0.1, 0.15) is 10.4 Å². The number of thiazole rings is 1. The van der Waals surface area contributed by atoms with E-state index in [9.17, 15) is 9.59 Å². The van der Waals surface area contributed by atoms with E-state index in [1.54, 1.807) is 16.7 Å². The highest BCUT2D eigenvalue weighted by Crippen LogP contribution is 2.30. The summed E-state index contributed by atoms with van der Waals surface area (Å²) in [4.78, 5) is 37.2. The Bertz CT molecular complexity index is 1170. The van der Waals surface area contributed by atoms with Crippen molar-refractivity contribution in [2.45, 2.75) is 45.3 Å². The van der Waals surface area contributed by atoms with Gasteiger partial charge in [-0.15, -0.1) is 0 Å². The minimum absolute atomic E-state index is 0.0916. The maximum atomic E-state index is 13.1. The molecule has 2 aromatic heterocycles. The van der Waals surface area contributed by atoms with E-state index in [0.29, 0.717) is 34.3 Å². The van der Waals surface area contributed by atoms with Gasteiger partial charge in [0.05, 0.1) is 12.4 Å². The van der Waals surface area contributed by atoms with Crippen molar-refractivity contribution in [3.63, 3.8) is 0 Å². The number of carbonyl (C=O) groups excluding carboxylic acids is 1. The molecule has 0 unspecified atom stereocenters. The van der Waals surface area contributed by atoms with Crippen molar-refractivity contribution in [2.75, 3.05) is 35.7 Å². The normalized spacial score (nSPS) is 14.6. The lowest BCUT2D eigenvalue weighted by atomic mass is 10.00. The number of carbonyl (C=O) groups is 1. The highest BCUT2D eigenvalue weighted by atomic mass is 32.2. The number of ether oxygens (including phenoxy) is 1.